The molecule has 2 aliphatic heterocycles. The fourth-order valence-electron chi connectivity index (χ4n) is 4.64. The molecule has 2 heterocycles. The van der Waals surface area contributed by atoms with Gasteiger partial charge in [-0.3, -0.25) is 4.79 Å². The number of hydrogen-bond acceptors (Lipinski definition) is 3. The number of amides is 3. The first kappa shape index (κ1) is 21.2. The summed E-state index contributed by atoms with van der Waals surface area (Å²) in [7, 11) is 1.88. The van der Waals surface area contributed by atoms with E-state index in [1.807, 2.05) is 48.3 Å². The number of nitrogens with one attached hydrogen (secondary N) is 1. The number of rotatable bonds is 5. The first-order valence-corrected chi connectivity index (χ1v) is 11.3. The predicted octanol–water partition coefficient (Wildman–Crippen LogP) is 4.19. The van der Waals surface area contributed by atoms with Crippen LogP contribution in [0, 0.1) is 5.92 Å². The van der Waals surface area contributed by atoms with Crippen molar-refractivity contribution in [1.82, 2.24) is 9.80 Å². The van der Waals surface area contributed by atoms with Gasteiger partial charge < -0.3 is 20.0 Å². The molecule has 0 aromatic heterocycles. The Bertz CT molecular complexity index is 895. The highest BCUT2D eigenvalue weighted by Crippen LogP contribution is 2.26. The maximum atomic E-state index is 13.2. The summed E-state index contributed by atoms with van der Waals surface area (Å²) in [4.78, 5) is 31.9. The van der Waals surface area contributed by atoms with Crippen LogP contribution in [-0.4, -0.2) is 55.0 Å². The molecule has 164 valence electrons. The molecule has 0 radical (unpaired) electrons. The minimum atomic E-state index is -0.153. The van der Waals surface area contributed by atoms with E-state index in [9.17, 15) is 9.59 Å². The van der Waals surface area contributed by atoms with Crippen LogP contribution >= 0.6 is 0 Å². The number of anilines is 2. The van der Waals surface area contributed by atoms with Gasteiger partial charge in [0.1, 0.15) is 0 Å². The van der Waals surface area contributed by atoms with Crippen molar-refractivity contribution in [2.24, 2.45) is 5.92 Å². The van der Waals surface area contributed by atoms with Crippen LogP contribution in [0.2, 0.25) is 0 Å². The molecule has 6 nitrogen and oxygen atoms in total. The van der Waals surface area contributed by atoms with Crippen molar-refractivity contribution in [2.75, 3.05) is 43.4 Å². The molecule has 1 unspecified atom stereocenters. The third-order valence-corrected chi connectivity index (χ3v) is 6.31. The molecule has 0 saturated carbocycles. The Morgan fingerprint density at radius 3 is 2.45 bits per heavy atom. The van der Waals surface area contributed by atoms with E-state index in [-0.39, 0.29) is 17.9 Å². The minimum absolute atomic E-state index is 0.119. The van der Waals surface area contributed by atoms with Crippen LogP contribution in [-0.2, 0) is 11.3 Å². The zero-order chi connectivity index (χ0) is 21.6. The van der Waals surface area contributed by atoms with Crippen molar-refractivity contribution < 1.29 is 9.59 Å². The number of piperidine rings is 1. The Hall–Kier alpha value is -3.02. The van der Waals surface area contributed by atoms with Gasteiger partial charge in [-0.15, -0.1) is 0 Å². The second-order valence-corrected chi connectivity index (χ2v) is 8.60. The predicted molar refractivity (Wildman–Crippen MR) is 124 cm³/mol. The third kappa shape index (κ3) is 5.19. The summed E-state index contributed by atoms with van der Waals surface area (Å²) in [6, 6.07) is 17.7. The van der Waals surface area contributed by atoms with Crippen molar-refractivity contribution in [3.05, 3.63) is 60.2 Å². The van der Waals surface area contributed by atoms with E-state index in [0.717, 1.165) is 31.6 Å². The van der Waals surface area contributed by atoms with Crippen molar-refractivity contribution >= 4 is 23.3 Å². The van der Waals surface area contributed by atoms with Crippen molar-refractivity contribution in [3.63, 3.8) is 0 Å². The number of carbonyl (C=O) groups is 2. The van der Waals surface area contributed by atoms with E-state index in [4.69, 9.17) is 0 Å². The summed E-state index contributed by atoms with van der Waals surface area (Å²) in [5, 5.41) is 2.94. The Morgan fingerprint density at radius 1 is 0.968 bits per heavy atom. The molecule has 0 spiro atoms. The zero-order valence-corrected chi connectivity index (χ0v) is 18.3. The molecule has 1 atom stereocenters. The molecule has 4 rings (SSSR count). The summed E-state index contributed by atoms with van der Waals surface area (Å²) < 4.78 is 0. The minimum Gasteiger partial charge on any atom is -0.371 e. The summed E-state index contributed by atoms with van der Waals surface area (Å²) in [6.07, 6.45) is 4.13. The normalized spacial score (nSPS) is 18.7. The lowest BCUT2D eigenvalue weighted by Crippen LogP contribution is -2.47. The molecule has 2 saturated heterocycles. The van der Waals surface area contributed by atoms with Crippen molar-refractivity contribution in [1.29, 1.82) is 0 Å². The van der Waals surface area contributed by atoms with E-state index < -0.39 is 0 Å². The molecule has 1 N–H and O–H groups in total. The van der Waals surface area contributed by atoms with Gasteiger partial charge in [-0.25, -0.2) is 4.79 Å². The maximum Gasteiger partial charge on any atom is 0.321 e. The largest absolute Gasteiger partial charge is 0.371 e. The zero-order valence-electron chi connectivity index (χ0n) is 18.3. The third-order valence-electron chi connectivity index (χ3n) is 6.31. The Balaban J connectivity index is 1.37. The lowest BCUT2D eigenvalue weighted by molar-refractivity contribution is -0.136. The van der Waals surface area contributed by atoms with Crippen LogP contribution in [0.4, 0.5) is 16.2 Å². The smallest absolute Gasteiger partial charge is 0.321 e. The van der Waals surface area contributed by atoms with Gasteiger partial charge in [0.25, 0.3) is 0 Å². The fourth-order valence-corrected chi connectivity index (χ4v) is 4.64. The molecule has 6 heteroatoms. The summed E-state index contributed by atoms with van der Waals surface area (Å²) in [5.41, 5.74) is 3.21. The number of benzene rings is 2. The lowest BCUT2D eigenvalue weighted by Gasteiger charge is -2.34. The van der Waals surface area contributed by atoms with Crippen LogP contribution < -0.4 is 10.2 Å². The average molecular weight is 421 g/mol. The van der Waals surface area contributed by atoms with Gasteiger partial charge in [0.2, 0.25) is 5.91 Å². The number of likely N-dealkylation sites (tertiary alicyclic amines) is 1. The number of hydrogen-bond donors (Lipinski definition) is 1. The first-order chi connectivity index (χ1) is 15.1. The van der Waals surface area contributed by atoms with Gasteiger partial charge in [-0.05, 0) is 49.4 Å². The number of urea groups is 1. The van der Waals surface area contributed by atoms with Crippen LogP contribution in [0.15, 0.2) is 54.6 Å². The lowest BCUT2D eigenvalue weighted by atomic mass is 9.96. The summed E-state index contributed by atoms with van der Waals surface area (Å²) in [6.45, 7) is 3.92. The highest BCUT2D eigenvalue weighted by molar-refractivity contribution is 5.90. The Labute approximate surface area is 184 Å². The van der Waals surface area contributed by atoms with Gasteiger partial charge in [-0.1, -0.05) is 36.4 Å². The molecule has 3 amide bonds. The van der Waals surface area contributed by atoms with Crippen LogP contribution in [0.1, 0.15) is 31.2 Å². The molecule has 0 aliphatic carbocycles. The van der Waals surface area contributed by atoms with Crippen LogP contribution in [0.25, 0.3) is 0 Å². The number of para-hydroxylation sites is 2. The molecule has 0 bridgehead atoms. The van der Waals surface area contributed by atoms with Crippen LogP contribution in [0.3, 0.4) is 0 Å². The second kappa shape index (κ2) is 9.86. The maximum absolute atomic E-state index is 13.2. The molecule has 2 aliphatic rings. The van der Waals surface area contributed by atoms with E-state index in [2.05, 4.69) is 28.4 Å². The summed E-state index contributed by atoms with van der Waals surface area (Å²) in [5.74, 6) is -0.0346. The Morgan fingerprint density at radius 2 is 1.68 bits per heavy atom. The Kier molecular flexibility index (Phi) is 6.75. The standard InChI is InChI=1S/C25H32N4O2/c1-27(18-20-10-5-6-14-23(20)28-15-7-8-16-28)24(30)21-11-9-17-29(19-21)25(31)26-22-12-3-2-4-13-22/h2-6,10,12-14,21H,7-9,11,15-19H2,1H3,(H,26,31). The highest BCUT2D eigenvalue weighted by Gasteiger charge is 2.30. The molecule has 2 aromatic carbocycles. The van der Waals surface area contributed by atoms with Crippen molar-refractivity contribution in [3.8, 4) is 0 Å². The fraction of sp³-hybridized carbons (Fsp3) is 0.440. The van der Waals surface area contributed by atoms with E-state index in [0.29, 0.717) is 19.6 Å². The topological polar surface area (TPSA) is 55.9 Å². The van der Waals surface area contributed by atoms with E-state index in [1.54, 1.807) is 4.90 Å². The molecular formula is C25H32N4O2. The second-order valence-electron chi connectivity index (χ2n) is 8.60. The van der Waals surface area contributed by atoms with Crippen LogP contribution in [0.5, 0.6) is 0 Å². The van der Waals surface area contributed by atoms with Gasteiger partial charge in [0.15, 0.2) is 0 Å². The first-order valence-electron chi connectivity index (χ1n) is 11.3. The molecular weight excluding hydrogens is 388 g/mol. The highest BCUT2D eigenvalue weighted by atomic mass is 16.2. The van der Waals surface area contributed by atoms with Gasteiger partial charge in [0.05, 0.1) is 5.92 Å². The van der Waals surface area contributed by atoms with Gasteiger partial charge >= 0.3 is 6.03 Å². The molecule has 31 heavy (non-hydrogen) atoms. The number of carbonyl (C=O) groups excluding carboxylic acids is 2. The monoisotopic (exact) mass is 420 g/mol. The summed E-state index contributed by atoms with van der Waals surface area (Å²) >= 11 is 0. The number of nitrogens with zero attached hydrogens (tertiary/aromatic N) is 3. The van der Waals surface area contributed by atoms with E-state index >= 15 is 0 Å². The van der Waals surface area contributed by atoms with Gasteiger partial charge in [-0.2, -0.15) is 0 Å². The molecule has 2 aromatic rings. The molecule has 2 fully saturated rings. The quantitative estimate of drug-likeness (QED) is 0.789. The SMILES string of the molecule is CN(Cc1ccccc1N1CCCC1)C(=O)C1CCCN(C(=O)Nc2ccccc2)C1. The van der Waals surface area contributed by atoms with Gasteiger partial charge in [0, 0.05) is 51.1 Å². The average Bonchev–Trinajstić information content (AvgIpc) is 3.34. The van der Waals surface area contributed by atoms with E-state index in [1.165, 1.54) is 24.1 Å². The van der Waals surface area contributed by atoms with Crippen molar-refractivity contribution in [2.45, 2.75) is 32.2 Å².